The van der Waals surface area contributed by atoms with Gasteiger partial charge in [0, 0.05) is 18.5 Å². The molecule has 5 heteroatoms. The van der Waals surface area contributed by atoms with Gasteiger partial charge in [0.15, 0.2) is 0 Å². The summed E-state index contributed by atoms with van der Waals surface area (Å²) in [6.45, 7) is 8.14. The Morgan fingerprint density at radius 3 is 2.29 bits per heavy atom. The number of carbonyl (C=O) groups is 1. The van der Waals surface area contributed by atoms with Crippen LogP contribution in [0.5, 0.6) is 0 Å². The van der Waals surface area contributed by atoms with Gasteiger partial charge >= 0.3 is 6.09 Å². The predicted molar refractivity (Wildman–Crippen MR) is 81.8 cm³/mol. The summed E-state index contributed by atoms with van der Waals surface area (Å²) >= 11 is 0. The zero-order valence-electron chi connectivity index (χ0n) is 13.1. The van der Waals surface area contributed by atoms with E-state index in [9.17, 15) is 4.79 Å². The van der Waals surface area contributed by atoms with Crippen LogP contribution in [0.1, 0.15) is 38.8 Å². The van der Waals surface area contributed by atoms with E-state index in [4.69, 9.17) is 15.7 Å². The van der Waals surface area contributed by atoms with Crippen LogP contribution in [0.25, 0.3) is 0 Å². The molecule has 0 saturated carbocycles. The number of nitrogens with one attached hydrogen (secondary N) is 1. The number of amides is 1. The predicted octanol–water partition coefficient (Wildman–Crippen LogP) is 2.30. The summed E-state index contributed by atoms with van der Waals surface area (Å²) in [5.41, 5.74) is 6.49. The van der Waals surface area contributed by atoms with Crippen molar-refractivity contribution in [2.24, 2.45) is 5.73 Å². The number of benzene rings is 1. The van der Waals surface area contributed by atoms with Crippen LogP contribution in [0.4, 0.5) is 4.79 Å². The second-order valence-corrected chi connectivity index (χ2v) is 6.31. The molecule has 1 atom stereocenters. The average molecular weight is 289 g/mol. The molecule has 0 spiro atoms. The first kappa shape index (κ1) is 17.0. The molecule has 114 valence electrons. The van der Waals surface area contributed by atoms with Gasteiger partial charge in [-0.15, -0.1) is 0 Å². The van der Waals surface area contributed by atoms with E-state index in [0.717, 1.165) is 5.56 Å². The molecule has 0 bridgehead atoms. The number of hydrogen-bond acceptors (Lipinski definition) is 4. The Hall–Kier alpha value is -2.06. The van der Waals surface area contributed by atoms with Gasteiger partial charge in [-0.05, 0) is 38.5 Å². The molecular formula is C16H23N3O2. The van der Waals surface area contributed by atoms with Gasteiger partial charge in [0.1, 0.15) is 5.60 Å². The summed E-state index contributed by atoms with van der Waals surface area (Å²) < 4.78 is 5.22. The van der Waals surface area contributed by atoms with Gasteiger partial charge in [-0.3, -0.25) is 0 Å². The fourth-order valence-electron chi connectivity index (χ4n) is 1.82. The molecule has 0 radical (unpaired) electrons. The van der Waals surface area contributed by atoms with Gasteiger partial charge in [-0.25, -0.2) is 4.79 Å². The number of rotatable bonds is 4. The smallest absolute Gasteiger partial charge is 0.407 e. The molecule has 0 heterocycles. The molecule has 1 rings (SSSR count). The lowest BCUT2D eigenvalue weighted by atomic mass is 9.82. The Kier molecular flexibility index (Phi) is 5.34. The molecule has 0 aliphatic heterocycles. The van der Waals surface area contributed by atoms with Crippen LogP contribution in [0.15, 0.2) is 24.3 Å². The van der Waals surface area contributed by atoms with Gasteiger partial charge in [-0.1, -0.05) is 19.1 Å². The van der Waals surface area contributed by atoms with Crippen LogP contribution in [0.2, 0.25) is 0 Å². The minimum Gasteiger partial charge on any atom is -0.444 e. The van der Waals surface area contributed by atoms with Crippen LogP contribution in [-0.2, 0) is 10.2 Å². The molecular weight excluding hydrogens is 266 g/mol. The quantitative estimate of drug-likeness (QED) is 0.890. The number of ether oxygens (including phenoxy) is 1. The molecule has 0 aromatic heterocycles. The molecule has 1 aromatic carbocycles. The Bertz CT molecular complexity index is 526. The lowest BCUT2D eigenvalue weighted by Gasteiger charge is -2.29. The number of nitriles is 1. The third-order valence-corrected chi connectivity index (χ3v) is 3.18. The summed E-state index contributed by atoms with van der Waals surface area (Å²) in [5.74, 6) is 0. The molecule has 5 nitrogen and oxygen atoms in total. The normalized spacial score (nSPS) is 13.9. The summed E-state index contributed by atoms with van der Waals surface area (Å²) in [4.78, 5) is 11.7. The van der Waals surface area contributed by atoms with E-state index >= 15 is 0 Å². The van der Waals surface area contributed by atoms with Crippen LogP contribution >= 0.6 is 0 Å². The van der Waals surface area contributed by atoms with Crippen LogP contribution in [0.3, 0.4) is 0 Å². The highest BCUT2D eigenvalue weighted by Gasteiger charge is 2.27. The van der Waals surface area contributed by atoms with Crippen molar-refractivity contribution in [2.45, 2.75) is 38.7 Å². The second kappa shape index (κ2) is 6.59. The molecule has 0 aliphatic carbocycles. The van der Waals surface area contributed by atoms with Crippen molar-refractivity contribution < 1.29 is 9.53 Å². The fraction of sp³-hybridized carbons (Fsp3) is 0.500. The molecule has 1 amide bonds. The number of nitrogens with two attached hydrogens (primary N) is 1. The van der Waals surface area contributed by atoms with E-state index < -0.39 is 17.1 Å². The molecule has 3 N–H and O–H groups in total. The van der Waals surface area contributed by atoms with E-state index in [2.05, 4.69) is 11.4 Å². The standard InChI is InChI=1S/C16H23N3O2/c1-15(2,3)21-14(20)19-11-16(4,10-18)13-7-5-12(9-17)6-8-13/h5-8H,10-11,18H2,1-4H3,(H,19,20). The van der Waals surface area contributed by atoms with Crippen molar-refractivity contribution in [3.8, 4) is 6.07 Å². The van der Waals surface area contributed by atoms with Crippen molar-refractivity contribution in [1.29, 1.82) is 5.26 Å². The minimum atomic E-state index is -0.530. The van der Waals surface area contributed by atoms with E-state index in [1.807, 2.05) is 39.8 Å². The van der Waals surface area contributed by atoms with E-state index in [1.165, 1.54) is 0 Å². The highest BCUT2D eigenvalue weighted by Crippen LogP contribution is 2.22. The summed E-state index contributed by atoms with van der Waals surface area (Å²) in [6, 6.07) is 9.30. The van der Waals surface area contributed by atoms with Gasteiger partial charge in [-0.2, -0.15) is 5.26 Å². The molecule has 21 heavy (non-hydrogen) atoms. The lowest BCUT2D eigenvalue weighted by Crippen LogP contribution is -2.45. The molecule has 1 aromatic rings. The first-order chi connectivity index (χ1) is 9.70. The zero-order valence-corrected chi connectivity index (χ0v) is 13.1. The summed E-state index contributed by atoms with van der Waals surface area (Å²) in [6.07, 6.45) is -0.462. The van der Waals surface area contributed by atoms with Crippen molar-refractivity contribution in [2.75, 3.05) is 13.1 Å². The van der Waals surface area contributed by atoms with Crippen molar-refractivity contribution >= 4 is 6.09 Å². The van der Waals surface area contributed by atoms with Crippen LogP contribution < -0.4 is 11.1 Å². The average Bonchev–Trinajstić information content (AvgIpc) is 2.43. The van der Waals surface area contributed by atoms with E-state index in [0.29, 0.717) is 18.7 Å². The van der Waals surface area contributed by atoms with Crippen LogP contribution in [0, 0.1) is 11.3 Å². The van der Waals surface area contributed by atoms with Crippen molar-refractivity contribution in [3.63, 3.8) is 0 Å². The maximum Gasteiger partial charge on any atom is 0.407 e. The highest BCUT2D eigenvalue weighted by molar-refractivity contribution is 5.67. The van der Waals surface area contributed by atoms with Crippen LogP contribution in [-0.4, -0.2) is 24.8 Å². The van der Waals surface area contributed by atoms with E-state index in [-0.39, 0.29) is 0 Å². The van der Waals surface area contributed by atoms with Gasteiger partial charge in [0.2, 0.25) is 0 Å². The molecule has 0 aliphatic rings. The van der Waals surface area contributed by atoms with Crippen molar-refractivity contribution in [1.82, 2.24) is 5.32 Å². The minimum absolute atomic E-state index is 0.365. The zero-order chi connectivity index (χ0) is 16.1. The molecule has 0 fully saturated rings. The number of alkyl carbamates (subject to hydrolysis) is 1. The maximum absolute atomic E-state index is 11.7. The topological polar surface area (TPSA) is 88.1 Å². The second-order valence-electron chi connectivity index (χ2n) is 6.31. The Morgan fingerprint density at radius 1 is 1.29 bits per heavy atom. The van der Waals surface area contributed by atoms with Crippen molar-refractivity contribution in [3.05, 3.63) is 35.4 Å². The monoisotopic (exact) mass is 289 g/mol. The Balaban J connectivity index is 2.76. The van der Waals surface area contributed by atoms with E-state index in [1.54, 1.807) is 12.1 Å². The molecule has 0 saturated heterocycles. The maximum atomic E-state index is 11.7. The first-order valence-electron chi connectivity index (χ1n) is 6.88. The van der Waals surface area contributed by atoms with Gasteiger partial charge < -0.3 is 15.8 Å². The summed E-state index contributed by atoms with van der Waals surface area (Å²) in [7, 11) is 0. The lowest BCUT2D eigenvalue weighted by molar-refractivity contribution is 0.0516. The van der Waals surface area contributed by atoms with Gasteiger partial charge in [0.25, 0.3) is 0 Å². The fourth-order valence-corrected chi connectivity index (χ4v) is 1.82. The number of carbonyl (C=O) groups excluding carboxylic acids is 1. The SMILES string of the molecule is CC(C)(C)OC(=O)NCC(C)(CN)c1ccc(C#N)cc1. The third kappa shape index (κ3) is 5.09. The number of hydrogen-bond donors (Lipinski definition) is 2. The molecule has 1 unspecified atom stereocenters. The Labute approximate surface area is 126 Å². The highest BCUT2D eigenvalue weighted by atomic mass is 16.6. The largest absolute Gasteiger partial charge is 0.444 e. The van der Waals surface area contributed by atoms with Gasteiger partial charge in [0.05, 0.1) is 11.6 Å². The Morgan fingerprint density at radius 2 is 1.86 bits per heavy atom. The summed E-state index contributed by atoms with van der Waals surface area (Å²) in [5, 5.41) is 11.6. The third-order valence-electron chi connectivity index (χ3n) is 3.18. The number of nitrogens with zero attached hydrogens (tertiary/aromatic N) is 1. The first-order valence-corrected chi connectivity index (χ1v) is 6.88.